The number of amides is 1. The van der Waals surface area contributed by atoms with Crippen molar-refractivity contribution in [2.45, 2.75) is 12.6 Å². The lowest BCUT2D eigenvalue weighted by Gasteiger charge is -2.41. The number of methoxy groups -OCH3 is 1. The van der Waals surface area contributed by atoms with Crippen LogP contribution in [0.1, 0.15) is 0 Å². The Labute approximate surface area is 235 Å². The summed E-state index contributed by atoms with van der Waals surface area (Å²) in [5.74, 6) is -0.628. The van der Waals surface area contributed by atoms with Crippen LogP contribution in [-0.2, 0) is 9.53 Å². The van der Waals surface area contributed by atoms with Crippen molar-refractivity contribution in [3.63, 3.8) is 0 Å². The number of ether oxygens (including phenoxy) is 1. The summed E-state index contributed by atoms with van der Waals surface area (Å²) < 4.78 is 49.7. The molecule has 1 aliphatic heterocycles. The Hall–Kier alpha value is -4.48. The van der Waals surface area contributed by atoms with Crippen molar-refractivity contribution in [1.82, 2.24) is 14.9 Å². The number of hydrogen-bond acceptors (Lipinski definition) is 7. The molecule has 0 bridgehead atoms. The van der Waals surface area contributed by atoms with E-state index in [1.165, 1.54) is 23.0 Å². The van der Waals surface area contributed by atoms with Gasteiger partial charge in [-0.15, -0.1) is 0 Å². The number of fused-ring (bicyclic) bond motifs is 1. The molecule has 0 spiro atoms. The van der Waals surface area contributed by atoms with Crippen molar-refractivity contribution in [3.05, 3.63) is 85.3 Å². The third-order valence-electron chi connectivity index (χ3n) is 6.85. The molecule has 3 aromatic carbocycles. The number of halogens is 3. The van der Waals surface area contributed by atoms with Crippen LogP contribution < -0.4 is 15.5 Å². The van der Waals surface area contributed by atoms with Gasteiger partial charge in [-0.2, -0.15) is 0 Å². The first-order chi connectivity index (χ1) is 19.9. The van der Waals surface area contributed by atoms with Gasteiger partial charge in [0, 0.05) is 61.0 Å². The van der Waals surface area contributed by atoms with E-state index in [-0.39, 0.29) is 17.4 Å². The van der Waals surface area contributed by atoms with Crippen LogP contribution in [0.15, 0.2) is 79.5 Å². The number of piperazine rings is 1. The SMILES string of the molecule is C=CC(=O)Nc1cccc(-c2c(F)ccc3cnc(Nc4ccc(N5CCN(CCOC)C(F)C5F)cc4)nc23)c1. The zero-order chi connectivity index (χ0) is 28.9. The second-order valence-electron chi connectivity index (χ2n) is 9.47. The van der Waals surface area contributed by atoms with E-state index in [4.69, 9.17) is 4.74 Å². The molecule has 1 saturated heterocycles. The highest BCUT2D eigenvalue weighted by molar-refractivity contribution is 6.00. The topological polar surface area (TPSA) is 82.6 Å². The number of nitrogens with zero attached hydrogens (tertiary/aromatic N) is 4. The van der Waals surface area contributed by atoms with Crippen LogP contribution >= 0.6 is 0 Å². The van der Waals surface area contributed by atoms with E-state index in [9.17, 15) is 13.6 Å². The number of carbonyl (C=O) groups excluding carboxylic acids is 1. The number of carbonyl (C=O) groups is 1. The molecule has 1 aromatic heterocycles. The van der Waals surface area contributed by atoms with Gasteiger partial charge in [0.05, 0.1) is 12.1 Å². The molecule has 2 atom stereocenters. The average Bonchev–Trinajstić information content (AvgIpc) is 2.98. The monoisotopic (exact) mass is 562 g/mol. The van der Waals surface area contributed by atoms with Crippen molar-refractivity contribution in [2.75, 3.05) is 48.9 Å². The van der Waals surface area contributed by atoms with Crippen molar-refractivity contribution in [2.24, 2.45) is 0 Å². The standard InChI is InChI=1S/C30H29F3N6O2/c1-3-25(40)35-22-6-4-5-19(17-22)26-24(31)12-7-20-18-34-30(37-27(20)26)36-21-8-10-23(11-9-21)39-14-13-38(15-16-41-2)28(32)29(39)33/h3-12,17-18,28-29H,1,13-16H2,2H3,(H,35,40)(H,34,36,37). The fourth-order valence-electron chi connectivity index (χ4n) is 4.74. The molecular formula is C30H29F3N6O2. The third-order valence-corrected chi connectivity index (χ3v) is 6.85. The van der Waals surface area contributed by atoms with Gasteiger partial charge in [0.25, 0.3) is 0 Å². The first-order valence-electron chi connectivity index (χ1n) is 13.0. The van der Waals surface area contributed by atoms with Gasteiger partial charge in [0.1, 0.15) is 5.82 Å². The average molecular weight is 563 g/mol. The molecule has 1 fully saturated rings. The summed E-state index contributed by atoms with van der Waals surface area (Å²) in [5.41, 5.74) is 2.82. The number of hydrogen-bond donors (Lipinski definition) is 2. The van der Waals surface area contributed by atoms with Gasteiger partial charge in [0.15, 0.2) is 0 Å². The molecule has 4 aromatic rings. The largest absolute Gasteiger partial charge is 0.383 e. The maximum atomic E-state index is 15.1. The zero-order valence-corrected chi connectivity index (χ0v) is 22.4. The quantitative estimate of drug-likeness (QED) is 0.201. The van der Waals surface area contributed by atoms with Gasteiger partial charge >= 0.3 is 0 Å². The fourth-order valence-corrected chi connectivity index (χ4v) is 4.74. The van der Waals surface area contributed by atoms with E-state index in [1.807, 2.05) is 0 Å². The van der Waals surface area contributed by atoms with E-state index < -0.39 is 18.4 Å². The highest BCUT2D eigenvalue weighted by Crippen LogP contribution is 2.33. The Morgan fingerprint density at radius 1 is 1.10 bits per heavy atom. The van der Waals surface area contributed by atoms with E-state index in [1.54, 1.807) is 60.8 Å². The molecule has 0 aliphatic carbocycles. The molecule has 0 saturated carbocycles. The third kappa shape index (κ3) is 6.16. The Kier molecular flexibility index (Phi) is 8.46. The van der Waals surface area contributed by atoms with Gasteiger partial charge in [-0.25, -0.2) is 23.1 Å². The molecule has 0 radical (unpaired) electrons. The minimum atomic E-state index is -1.81. The number of anilines is 4. The normalized spacial score (nSPS) is 17.4. The van der Waals surface area contributed by atoms with Crippen LogP contribution in [0.4, 0.5) is 36.2 Å². The van der Waals surface area contributed by atoms with Crippen LogP contribution in [0, 0.1) is 5.82 Å². The maximum Gasteiger partial charge on any atom is 0.247 e. The number of aromatic nitrogens is 2. The van der Waals surface area contributed by atoms with Gasteiger partial charge < -0.3 is 20.3 Å². The van der Waals surface area contributed by atoms with Crippen LogP contribution in [0.5, 0.6) is 0 Å². The molecule has 8 nitrogen and oxygen atoms in total. The molecular weight excluding hydrogens is 533 g/mol. The Bertz CT molecular complexity index is 1550. The number of nitrogens with one attached hydrogen (secondary N) is 2. The number of rotatable bonds is 9. The van der Waals surface area contributed by atoms with Crippen LogP contribution in [-0.4, -0.2) is 66.7 Å². The molecule has 2 unspecified atom stereocenters. The Morgan fingerprint density at radius 3 is 2.66 bits per heavy atom. The minimum Gasteiger partial charge on any atom is -0.383 e. The Morgan fingerprint density at radius 2 is 1.90 bits per heavy atom. The number of alkyl halides is 2. The molecule has 41 heavy (non-hydrogen) atoms. The lowest BCUT2D eigenvalue weighted by atomic mass is 10.0. The predicted octanol–water partition coefficient (Wildman–Crippen LogP) is 5.66. The highest BCUT2D eigenvalue weighted by Gasteiger charge is 2.36. The van der Waals surface area contributed by atoms with Gasteiger partial charge in [0.2, 0.25) is 24.4 Å². The highest BCUT2D eigenvalue weighted by atomic mass is 19.2. The first-order valence-corrected chi connectivity index (χ1v) is 13.0. The van der Waals surface area contributed by atoms with Crippen molar-refractivity contribution >= 4 is 39.8 Å². The van der Waals surface area contributed by atoms with E-state index >= 15 is 4.39 Å². The molecule has 2 heterocycles. The smallest absolute Gasteiger partial charge is 0.247 e. The molecule has 5 rings (SSSR count). The minimum absolute atomic E-state index is 0.229. The summed E-state index contributed by atoms with van der Waals surface area (Å²) in [7, 11) is 1.53. The molecule has 212 valence electrons. The summed E-state index contributed by atoms with van der Waals surface area (Å²) in [4.78, 5) is 23.5. The first kappa shape index (κ1) is 28.1. The summed E-state index contributed by atoms with van der Waals surface area (Å²) in [6.07, 6.45) is -0.818. The van der Waals surface area contributed by atoms with Crippen molar-refractivity contribution < 1.29 is 22.7 Å². The molecule has 2 N–H and O–H groups in total. The van der Waals surface area contributed by atoms with Gasteiger partial charge in [-0.3, -0.25) is 9.69 Å². The molecule has 11 heteroatoms. The molecule has 1 aliphatic rings. The zero-order valence-electron chi connectivity index (χ0n) is 22.4. The summed E-state index contributed by atoms with van der Waals surface area (Å²) in [6, 6.07) is 16.6. The van der Waals surface area contributed by atoms with Crippen molar-refractivity contribution in [3.8, 4) is 11.1 Å². The van der Waals surface area contributed by atoms with Crippen LogP contribution in [0.25, 0.3) is 22.0 Å². The lowest BCUT2D eigenvalue weighted by molar-refractivity contribution is -0.111. The van der Waals surface area contributed by atoms with Gasteiger partial charge in [-0.1, -0.05) is 18.7 Å². The second kappa shape index (κ2) is 12.4. The van der Waals surface area contributed by atoms with Crippen LogP contribution in [0.3, 0.4) is 0 Å². The lowest BCUT2D eigenvalue weighted by Crippen LogP contribution is -2.56. The van der Waals surface area contributed by atoms with E-state index in [0.29, 0.717) is 59.8 Å². The predicted molar refractivity (Wildman–Crippen MR) is 154 cm³/mol. The van der Waals surface area contributed by atoms with Crippen molar-refractivity contribution in [1.29, 1.82) is 0 Å². The second-order valence-corrected chi connectivity index (χ2v) is 9.47. The summed E-state index contributed by atoms with van der Waals surface area (Å²) in [6.45, 7) is 4.81. The molecule has 1 amide bonds. The summed E-state index contributed by atoms with van der Waals surface area (Å²) >= 11 is 0. The Balaban J connectivity index is 1.36. The van der Waals surface area contributed by atoms with E-state index in [0.717, 1.165) is 6.08 Å². The van der Waals surface area contributed by atoms with Gasteiger partial charge in [-0.05, 0) is 60.2 Å². The maximum absolute atomic E-state index is 15.1. The fraction of sp³-hybridized carbons (Fsp3) is 0.233. The summed E-state index contributed by atoms with van der Waals surface area (Å²) in [5, 5.41) is 6.40. The number of benzene rings is 3. The van der Waals surface area contributed by atoms with E-state index in [2.05, 4.69) is 27.2 Å². The van der Waals surface area contributed by atoms with Crippen LogP contribution in [0.2, 0.25) is 0 Å².